The number of rotatable bonds is 6. The Balaban J connectivity index is 2.36. The number of dihydropyridines is 1. The van der Waals surface area contributed by atoms with E-state index in [1.807, 2.05) is 0 Å². The fourth-order valence-corrected chi connectivity index (χ4v) is 2.54. The van der Waals surface area contributed by atoms with Gasteiger partial charge in [-0.15, -0.1) is 0 Å². The van der Waals surface area contributed by atoms with E-state index in [4.69, 9.17) is 16.3 Å². The summed E-state index contributed by atoms with van der Waals surface area (Å²) in [5.74, 6) is -1.28. The fourth-order valence-electron chi connectivity index (χ4n) is 2.12. The second-order valence-corrected chi connectivity index (χ2v) is 7.18. The zero-order valence-electron chi connectivity index (χ0n) is 13.5. The first-order chi connectivity index (χ1) is 11.7. The maximum absolute atomic E-state index is 14.2. The summed E-state index contributed by atoms with van der Waals surface area (Å²) in [6.07, 6.45) is 2.28. The molecule has 136 valence electrons. The number of carbonyl (C=O) groups excluding carboxylic acids is 1. The molecule has 1 unspecified atom stereocenters. The number of ether oxygens (including phenoxy) is 1. The Kier molecular flexibility index (Phi) is 6.15. The van der Waals surface area contributed by atoms with E-state index in [1.54, 1.807) is 6.92 Å². The average Bonchev–Trinajstić information content (AvgIpc) is 2.52. The molecule has 0 aromatic heterocycles. The van der Waals surface area contributed by atoms with Crippen LogP contribution in [0.1, 0.15) is 24.9 Å². The van der Waals surface area contributed by atoms with Crippen LogP contribution in [-0.4, -0.2) is 33.0 Å². The number of hydrogen-bond donors (Lipinski definition) is 1. The van der Waals surface area contributed by atoms with Crippen molar-refractivity contribution in [3.63, 3.8) is 0 Å². The van der Waals surface area contributed by atoms with Crippen molar-refractivity contribution in [2.45, 2.75) is 19.4 Å². The molecular weight excluding hydrogens is 375 g/mol. The van der Waals surface area contributed by atoms with E-state index in [0.29, 0.717) is 0 Å². The molecule has 0 radical (unpaired) electrons. The second kappa shape index (κ2) is 7.94. The molecule has 1 aliphatic heterocycles. The molecule has 1 atom stereocenters. The molecule has 1 N–H and O–H groups in total. The van der Waals surface area contributed by atoms with Crippen molar-refractivity contribution in [2.24, 2.45) is 4.99 Å². The van der Waals surface area contributed by atoms with E-state index in [2.05, 4.69) is 14.8 Å². The second-order valence-electron chi connectivity index (χ2n) is 5.17. The molecule has 0 amide bonds. The van der Waals surface area contributed by atoms with Crippen molar-refractivity contribution >= 4 is 33.4 Å². The highest BCUT2D eigenvalue weighted by Gasteiger charge is 2.25. The molecular formula is C15H16ClFN2O5S. The van der Waals surface area contributed by atoms with E-state index in [1.165, 1.54) is 18.2 Å². The lowest BCUT2D eigenvalue weighted by molar-refractivity contribution is -0.135. The van der Waals surface area contributed by atoms with Gasteiger partial charge in [-0.3, -0.25) is 10.5 Å². The molecule has 2 rings (SSSR count). The van der Waals surface area contributed by atoms with Crippen molar-refractivity contribution in [1.29, 1.82) is 0 Å². The number of nitrogens with one attached hydrogen (secondary N) is 1. The molecule has 1 aromatic rings. The highest BCUT2D eigenvalue weighted by atomic mass is 35.5. The van der Waals surface area contributed by atoms with Crippen molar-refractivity contribution in [2.75, 3.05) is 12.9 Å². The highest BCUT2D eigenvalue weighted by Crippen LogP contribution is 2.29. The van der Waals surface area contributed by atoms with Crippen LogP contribution >= 0.6 is 11.6 Å². The standard InChI is InChI=1S/C15H16ClFN2O5S/c1-3-23-15(20)14-8-10(19-24-25(2,21)22)7-13(18-14)11-5-4-9(16)6-12(11)17/h4-7,13,19H,3,8H2,1-2H3. The summed E-state index contributed by atoms with van der Waals surface area (Å²) in [6.45, 7) is 1.78. The molecule has 0 saturated heterocycles. The number of aliphatic imine (C=N–C) groups is 1. The molecule has 1 aromatic carbocycles. The van der Waals surface area contributed by atoms with E-state index in [-0.39, 0.29) is 35.0 Å². The molecule has 1 aliphatic rings. The van der Waals surface area contributed by atoms with Crippen LogP contribution in [-0.2, 0) is 23.9 Å². The van der Waals surface area contributed by atoms with Crippen LogP contribution in [0.4, 0.5) is 4.39 Å². The van der Waals surface area contributed by atoms with Gasteiger partial charge in [0.15, 0.2) is 0 Å². The number of allylic oxidation sites excluding steroid dienone is 1. The van der Waals surface area contributed by atoms with Gasteiger partial charge in [0, 0.05) is 22.7 Å². The van der Waals surface area contributed by atoms with E-state index < -0.39 is 27.9 Å². The first kappa shape index (κ1) is 19.4. The largest absolute Gasteiger partial charge is 0.462 e. The molecule has 0 bridgehead atoms. The van der Waals surface area contributed by atoms with Gasteiger partial charge in [-0.25, -0.2) is 9.18 Å². The van der Waals surface area contributed by atoms with Crippen LogP contribution in [0, 0.1) is 5.82 Å². The number of esters is 1. The van der Waals surface area contributed by atoms with Gasteiger partial charge >= 0.3 is 5.97 Å². The van der Waals surface area contributed by atoms with Gasteiger partial charge in [0.1, 0.15) is 11.5 Å². The van der Waals surface area contributed by atoms with Crippen LogP contribution in [0.5, 0.6) is 0 Å². The Morgan fingerprint density at radius 2 is 2.20 bits per heavy atom. The predicted molar refractivity (Wildman–Crippen MR) is 90.0 cm³/mol. The Bertz CT molecular complexity index is 838. The number of hydroxylamine groups is 1. The first-order valence-corrected chi connectivity index (χ1v) is 9.43. The van der Waals surface area contributed by atoms with Crippen molar-refractivity contribution in [1.82, 2.24) is 5.48 Å². The van der Waals surface area contributed by atoms with Gasteiger partial charge in [-0.1, -0.05) is 17.7 Å². The maximum atomic E-state index is 14.2. The van der Waals surface area contributed by atoms with Crippen LogP contribution < -0.4 is 5.48 Å². The Hall–Kier alpha value is -1.97. The van der Waals surface area contributed by atoms with Crippen LogP contribution in [0.15, 0.2) is 35.0 Å². The molecule has 0 spiro atoms. The van der Waals surface area contributed by atoms with Gasteiger partial charge in [-0.2, -0.15) is 12.7 Å². The Morgan fingerprint density at radius 3 is 2.80 bits per heavy atom. The number of benzene rings is 1. The fraction of sp³-hybridized carbons (Fsp3) is 0.333. The summed E-state index contributed by atoms with van der Waals surface area (Å²) in [5.41, 5.74) is 2.68. The van der Waals surface area contributed by atoms with Crippen molar-refractivity contribution in [3.05, 3.63) is 46.4 Å². The third-order valence-electron chi connectivity index (χ3n) is 3.13. The highest BCUT2D eigenvalue weighted by molar-refractivity contribution is 7.85. The third-order valence-corrected chi connectivity index (χ3v) is 3.75. The smallest absolute Gasteiger partial charge is 0.352 e. The van der Waals surface area contributed by atoms with E-state index in [9.17, 15) is 17.6 Å². The first-order valence-electron chi connectivity index (χ1n) is 7.23. The Morgan fingerprint density at radius 1 is 1.48 bits per heavy atom. The van der Waals surface area contributed by atoms with Gasteiger partial charge in [0.25, 0.3) is 10.1 Å². The number of nitrogens with zero attached hydrogens (tertiary/aromatic N) is 1. The quantitative estimate of drug-likeness (QED) is 0.591. The summed E-state index contributed by atoms with van der Waals surface area (Å²) >= 11 is 5.74. The lowest BCUT2D eigenvalue weighted by Crippen LogP contribution is -2.28. The minimum Gasteiger partial charge on any atom is -0.462 e. The number of halogens is 2. The zero-order chi connectivity index (χ0) is 18.6. The summed E-state index contributed by atoms with van der Waals surface area (Å²) < 4.78 is 45.9. The van der Waals surface area contributed by atoms with Crippen LogP contribution in [0.2, 0.25) is 5.02 Å². The minimum atomic E-state index is -3.77. The lowest BCUT2D eigenvalue weighted by atomic mass is 10.0. The van der Waals surface area contributed by atoms with Crippen molar-refractivity contribution in [3.8, 4) is 0 Å². The van der Waals surface area contributed by atoms with Gasteiger partial charge < -0.3 is 4.74 Å². The van der Waals surface area contributed by atoms with Crippen LogP contribution in [0.3, 0.4) is 0 Å². The molecule has 0 aliphatic carbocycles. The molecule has 25 heavy (non-hydrogen) atoms. The lowest BCUT2D eigenvalue weighted by Gasteiger charge is -2.20. The molecule has 10 heteroatoms. The predicted octanol–water partition coefficient (Wildman–Crippen LogP) is 2.29. The minimum absolute atomic E-state index is 0.0169. The van der Waals surface area contributed by atoms with Crippen molar-refractivity contribution < 1.29 is 26.6 Å². The maximum Gasteiger partial charge on any atom is 0.352 e. The summed E-state index contributed by atoms with van der Waals surface area (Å²) in [6, 6.07) is 3.18. The monoisotopic (exact) mass is 390 g/mol. The van der Waals surface area contributed by atoms with Gasteiger partial charge in [-0.05, 0) is 25.1 Å². The van der Waals surface area contributed by atoms with E-state index >= 15 is 0 Å². The number of hydrogen-bond acceptors (Lipinski definition) is 7. The van der Waals surface area contributed by atoms with Gasteiger partial charge in [0.2, 0.25) is 0 Å². The summed E-state index contributed by atoms with van der Waals surface area (Å²) in [5, 5.41) is 0.217. The topological polar surface area (TPSA) is 94.1 Å². The van der Waals surface area contributed by atoms with E-state index in [0.717, 1.165) is 12.3 Å². The zero-order valence-corrected chi connectivity index (χ0v) is 15.0. The van der Waals surface area contributed by atoms with Gasteiger partial charge in [0.05, 0.1) is 18.9 Å². The molecule has 0 saturated carbocycles. The third kappa shape index (κ3) is 5.52. The van der Waals surface area contributed by atoms with Crippen LogP contribution in [0.25, 0.3) is 0 Å². The Labute approximate surface area is 149 Å². The average molecular weight is 391 g/mol. The SMILES string of the molecule is CCOC(=O)C1=NC(c2ccc(Cl)cc2F)C=C(NOS(C)(=O)=O)C1. The number of carbonyl (C=O) groups is 1. The summed E-state index contributed by atoms with van der Waals surface area (Å²) in [4.78, 5) is 16.2. The normalized spacial score (nSPS) is 17.5. The summed E-state index contributed by atoms with van der Waals surface area (Å²) in [7, 11) is -3.77. The molecule has 0 fully saturated rings. The molecule has 1 heterocycles. The molecule has 7 nitrogen and oxygen atoms in total.